The van der Waals surface area contributed by atoms with E-state index in [-0.39, 0.29) is 12.3 Å². The first-order valence-electron chi connectivity index (χ1n) is 9.88. The summed E-state index contributed by atoms with van der Waals surface area (Å²) in [5.74, 6) is 1.19. The van der Waals surface area contributed by atoms with Crippen LogP contribution in [0.2, 0.25) is 0 Å². The zero-order chi connectivity index (χ0) is 20.9. The molecule has 2 aromatic carbocycles. The summed E-state index contributed by atoms with van der Waals surface area (Å²) in [6, 6.07) is 15.4. The topological polar surface area (TPSA) is 64.9 Å². The van der Waals surface area contributed by atoms with Gasteiger partial charge in [0.2, 0.25) is 5.91 Å². The highest BCUT2D eigenvalue weighted by molar-refractivity contribution is 7.15. The SMILES string of the molecule is CCOc1ccc(NC(=O)Cc2csc3nc(-c4ccccc4)cn23)cc1OCC. The molecule has 0 aliphatic carbocycles. The van der Waals surface area contributed by atoms with Gasteiger partial charge in [-0.2, -0.15) is 0 Å². The Morgan fingerprint density at radius 3 is 2.60 bits per heavy atom. The second kappa shape index (κ2) is 9.00. The van der Waals surface area contributed by atoms with Crippen LogP contribution in [0.1, 0.15) is 19.5 Å². The average molecular weight is 422 g/mol. The van der Waals surface area contributed by atoms with Crippen LogP contribution in [0.15, 0.2) is 60.1 Å². The van der Waals surface area contributed by atoms with Gasteiger partial charge < -0.3 is 14.8 Å². The second-order valence-electron chi connectivity index (χ2n) is 6.62. The first-order valence-corrected chi connectivity index (χ1v) is 10.8. The minimum Gasteiger partial charge on any atom is -0.490 e. The van der Waals surface area contributed by atoms with Gasteiger partial charge in [0.1, 0.15) is 0 Å². The summed E-state index contributed by atoms with van der Waals surface area (Å²) < 4.78 is 13.2. The number of rotatable bonds is 8. The summed E-state index contributed by atoms with van der Waals surface area (Å²) in [5.41, 5.74) is 3.53. The van der Waals surface area contributed by atoms with E-state index in [1.165, 1.54) is 11.3 Å². The van der Waals surface area contributed by atoms with Crippen molar-refractivity contribution in [2.24, 2.45) is 0 Å². The molecule has 4 rings (SSSR count). The Morgan fingerprint density at radius 1 is 1.07 bits per heavy atom. The van der Waals surface area contributed by atoms with Crippen molar-refractivity contribution in [3.63, 3.8) is 0 Å². The highest BCUT2D eigenvalue weighted by Gasteiger charge is 2.14. The fraction of sp³-hybridized carbons (Fsp3) is 0.217. The Kier molecular flexibility index (Phi) is 5.99. The molecule has 2 aromatic heterocycles. The number of anilines is 1. The molecule has 0 fully saturated rings. The number of nitrogens with one attached hydrogen (secondary N) is 1. The van der Waals surface area contributed by atoms with Gasteiger partial charge in [-0.15, -0.1) is 11.3 Å². The number of ether oxygens (including phenoxy) is 2. The summed E-state index contributed by atoms with van der Waals surface area (Å²) in [5, 5.41) is 4.92. The van der Waals surface area contributed by atoms with Crippen molar-refractivity contribution in [1.82, 2.24) is 9.38 Å². The first kappa shape index (κ1) is 20.0. The minimum atomic E-state index is -0.101. The molecule has 0 bridgehead atoms. The van der Waals surface area contributed by atoms with Crippen LogP contribution in [0.25, 0.3) is 16.2 Å². The number of fused-ring (bicyclic) bond motifs is 1. The fourth-order valence-electron chi connectivity index (χ4n) is 3.20. The van der Waals surface area contributed by atoms with Crippen LogP contribution in [0.4, 0.5) is 5.69 Å². The molecule has 0 saturated heterocycles. The van der Waals surface area contributed by atoms with Crippen LogP contribution in [0.3, 0.4) is 0 Å². The number of carbonyl (C=O) groups excluding carboxylic acids is 1. The van der Waals surface area contributed by atoms with E-state index >= 15 is 0 Å². The molecule has 7 heteroatoms. The largest absolute Gasteiger partial charge is 0.490 e. The first-order chi connectivity index (χ1) is 14.7. The number of thiazole rings is 1. The van der Waals surface area contributed by atoms with E-state index in [0.29, 0.717) is 30.4 Å². The number of carbonyl (C=O) groups is 1. The third-order valence-electron chi connectivity index (χ3n) is 4.52. The lowest BCUT2D eigenvalue weighted by Gasteiger charge is -2.13. The maximum absolute atomic E-state index is 12.7. The molecule has 4 aromatic rings. The highest BCUT2D eigenvalue weighted by atomic mass is 32.1. The van der Waals surface area contributed by atoms with Crippen molar-refractivity contribution < 1.29 is 14.3 Å². The van der Waals surface area contributed by atoms with E-state index in [2.05, 4.69) is 10.3 Å². The van der Waals surface area contributed by atoms with E-state index in [1.54, 1.807) is 6.07 Å². The Bertz CT molecular complexity index is 1150. The summed E-state index contributed by atoms with van der Waals surface area (Å²) in [7, 11) is 0. The summed E-state index contributed by atoms with van der Waals surface area (Å²) in [4.78, 5) is 18.2. The lowest BCUT2D eigenvalue weighted by molar-refractivity contribution is -0.115. The zero-order valence-corrected chi connectivity index (χ0v) is 17.7. The number of amides is 1. The molecule has 0 radical (unpaired) electrons. The van der Waals surface area contributed by atoms with E-state index in [0.717, 1.165) is 21.9 Å². The molecular weight excluding hydrogens is 398 g/mol. The van der Waals surface area contributed by atoms with Gasteiger partial charge in [-0.1, -0.05) is 30.3 Å². The van der Waals surface area contributed by atoms with Gasteiger partial charge >= 0.3 is 0 Å². The molecule has 0 aliphatic rings. The van der Waals surface area contributed by atoms with Gasteiger partial charge in [0.05, 0.1) is 25.3 Å². The predicted molar refractivity (Wildman–Crippen MR) is 120 cm³/mol. The molecule has 0 unspecified atom stereocenters. The van der Waals surface area contributed by atoms with Gasteiger partial charge in [-0.3, -0.25) is 9.20 Å². The quantitative estimate of drug-likeness (QED) is 0.433. The van der Waals surface area contributed by atoms with Crippen molar-refractivity contribution in [3.05, 3.63) is 65.8 Å². The van der Waals surface area contributed by atoms with E-state index in [1.807, 2.05) is 72.3 Å². The van der Waals surface area contributed by atoms with Crippen LogP contribution < -0.4 is 14.8 Å². The highest BCUT2D eigenvalue weighted by Crippen LogP contribution is 2.31. The maximum Gasteiger partial charge on any atom is 0.230 e. The molecule has 0 saturated carbocycles. The molecular formula is C23H23N3O3S. The lowest BCUT2D eigenvalue weighted by atomic mass is 10.2. The number of imidazole rings is 1. The van der Waals surface area contributed by atoms with E-state index in [9.17, 15) is 4.79 Å². The summed E-state index contributed by atoms with van der Waals surface area (Å²) in [6.45, 7) is 4.91. The van der Waals surface area contributed by atoms with E-state index < -0.39 is 0 Å². The number of benzene rings is 2. The summed E-state index contributed by atoms with van der Waals surface area (Å²) >= 11 is 1.53. The Hall–Kier alpha value is -3.32. The average Bonchev–Trinajstić information content (AvgIpc) is 3.33. The molecule has 0 spiro atoms. The third kappa shape index (κ3) is 4.31. The van der Waals surface area contributed by atoms with Crippen molar-refractivity contribution in [3.8, 4) is 22.8 Å². The molecule has 2 heterocycles. The molecule has 1 amide bonds. The van der Waals surface area contributed by atoms with Gasteiger partial charge in [-0.05, 0) is 26.0 Å². The van der Waals surface area contributed by atoms with Crippen LogP contribution in [-0.2, 0) is 11.2 Å². The van der Waals surface area contributed by atoms with Crippen molar-refractivity contribution in [2.75, 3.05) is 18.5 Å². The third-order valence-corrected chi connectivity index (χ3v) is 5.41. The molecule has 6 nitrogen and oxygen atoms in total. The number of aromatic nitrogens is 2. The standard InChI is InChI=1S/C23H23N3O3S/c1-3-28-20-11-10-17(12-21(20)29-4-2)24-22(27)13-18-15-30-23-25-19(14-26(18)23)16-8-6-5-7-9-16/h5-12,14-15H,3-4,13H2,1-2H3,(H,24,27). The van der Waals surface area contributed by atoms with Crippen LogP contribution in [0, 0.1) is 0 Å². The molecule has 1 N–H and O–H groups in total. The van der Waals surface area contributed by atoms with Crippen molar-refractivity contribution in [1.29, 1.82) is 0 Å². The second-order valence-corrected chi connectivity index (χ2v) is 7.46. The fourth-order valence-corrected chi connectivity index (χ4v) is 4.08. The van der Waals surface area contributed by atoms with Gasteiger partial charge in [0.15, 0.2) is 16.5 Å². The normalized spacial score (nSPS) is 10.9. The lowest BCUT2D eigenvalue weighted by Crippen LogP contribution is -2.15. The molecule has 0 aliphatic heterocycles. The number of hydrogen-bond donors (Lipinski definition) is 1. The molecule has 154 valence electrons. The minimum absolute atomic E-state index is 0.101. The molecule has 0 atom stereocenters. The predicted octanol–water partition coefficient (Wildman–Crippen LogP) is 5.04. The van der Waals surface area contributed by atoms with Crippen LogP contribution >= 0.6 is 11.3 Å². The van der Waals surface area contributed by atoms with Gasteiger partial charge in [0, 0.05) is 34.6 Å². The van der Waals surface area contributed by atoms with Gasteiger partial charge in [0.25, 0.3) is 0 Å². The van der Waals surface area contributed by atoms with Crippen molar-refractivity contribution in [2.45, 2.75) is 20.3 Å². The van der Waals surface area contributed by atoms with Crippen LogP contribution in [0.5, 0.6) is 11.5 Å². The van der Waals surface area contributed by atoms with Gasteiger partial charge in [-0.25, -0.2) is 4.98 Å². The Labute approximate surface area is 179 Å². The van der Waals surface area contributed by atoms with Crippen LogP contribution in [-0.4, -0.2) is 28.5 Å². The monoisotopic (exact) mass is 421 g/mol. The number of nitrogens with zero attached hydrogens (tertiary/aromatic N) is 2. The Balaban J connectivity index is 1.49. The summed E-state index contributed by atoms with van der Waals surface area (Å²) in [6.07, 6.45) is 2.23. The molecule has 30 heavy (non-hydrogen) atoms. The van der Waals surface area contributed by atoms with E-state index in [4.69, 9.17) is 9.47 Å². The smallest absolute Gasteiger partial charge is 0.230 e. The van der Waals surface area contributed by atoms with Crippen molar-refractivity contribution >= 4 is 27.9 Å². The number of hydrogen-bond acceptors (Lipinski definition) is 5. The zero-order valence-electron chi connectivity index (χ0n) is 16.9. The Morgan fingerprint density at radius 2 is 1.83 bits per heavy atom. The maximum atomic E-state index is 12.7.